The van der Waals surface area contributed by atoms with Crippen molar-refractivity contribution in [1.29, 1.82) is 0 Å². The summed E-state index contributed by atoms with van der Waals surface area (Å²) >= 11 is 0. The Bertz CT molecular complexity index is 252. The minimum Gasteiger partial charge on any atom is -0.308 e. The molecule has 106 valence electrons. The number of hydrogen-bond acceptors (Lipinski definition) is 2. The summed E-state index contributed by atoms with van der Waals surface area (Å²) in [5.41, 5.74) is 0.383. The van der Waals surface area contributed by atoms with Crippen LogP contribution in [-0.4, -0.2) is 35.6 Å². The number of nitrogens with one attached hydrogen (secondary N) is 1. The molecule has 1 aliphatic heterocycles. The smallest absolute Gasteiger partial charge is 0.0304 e. The Kier molecular flexibility index (Phi) is 4.71. The molecule has 2 rings (SSSR count). The van der Waals surface area contributed by atoms with Gasteiger partial charge in [-0.05, 0) is 31.6 Å². The van der Waals surface area contributed by atoms with E-state index < -0.39 is 0 Å². The van der Waals surface area contributed by atoms with Gasteiger partial charge in [0.25, 0.3) is 0 Å². The van der Waals surface area contributed by atoms with Gasteiger partial charge in [-0.25, -0.2) is 0 Å². The molecule has 0 radical (unpaired) electrons. The lowest BCUT2D eigenvalue weighted by molar-refractivity contribution is 0.0185. The minimum atomic E-state index is 0.383. The van der Waals surface area contributed by atoms with Gasteiger partial charge in [0, 0.05) is 30.7 Å². The second-order valence-electron chi connectivity index (χ2n) is 6.79. The van der Waals surface area contributed by atoms with Crippen LogP contribution in [0.1, 0.15) is 66.2 Å². The van der Waals surface area contributed by atoms with Crippen molar-refractivity contribution in [3.05, 3.63) is 0 Å². The highest BCUT2D eigenvalue weighted by Crippen LogP contribution is 2.32. The summed E-state index contributed by atoms with van der Waals surface area (Å²) in [7, 11) is 0. The topological polar surface area (TPSA) is 15.3 Å². The van der Waals surface area contributed by atoms with E-state index in [-0.39, 0.29) is 0 Å². The van der Waals surface area contributed by atoms with Gasteiger partial charge < -0.3 is 5.32 Å². The van der Waals surface area contributed by atoms with E-state index in [1.165, 1.54) is 51.6 Å². The van der Waals surface area contributed by atoms with Crippen molar-refractivity contribution in [1.82, 2.24) is 10.2 Å². The van der Waals surface area contributed by atoms with E-state index >= 15 is 0 Å². The first-order valence-corrected chi connectivity index (χ1v) is 8.12. The average Bonchev–Trinajstić information content (AvgIpc) is 2.91. The molecule has 0 aromatic rings. The molecular weight excluding hydrogens is 220 g/mol. The van der Waals surface area contributed by atoms with Crippen molar-refractivity contribution in [2.24, 2.45) is 5.92 Å². The van der Waals surface area contributed by atoms with Crippen molar-refractivity contribution in [2.75, 3.05) is 13.1 Å². The summed E-state index contributed by atoms with van der Waals surface area (Å²) in [5.74, 6) is 0.768. The van der Waals surface area contributed by atoms with Gasteiger partial charge in [-0.3, -0.25) is 4.90 Å². The lowest BCUT2D eigenvalue weighted by Gasteiger charge is -2.51. The van der Waals surface area contributed by atoms with Gasteiger partial charge in [0.1, 0.15) is 0 Å². The number of piperazine rings is 1. The van der Waals surface area contributed by atoms with Crippen molar-refractivity contribution >= 4 is 0 Å². The van der Waals surface area contributed by atoms with Gasteiger partial charge >= 0.3 is 0 Å². The van der Waals surface area contributed by atoms with E-state index in [2.05, 4.69) is 37.9 Å². The van der Waals surface area contributed by atoms with Gasteiger partial charge in [-0.1, -0.05) is 40.5 Å². The fraction of sp³-hybridized carbons (Fsp3) is 1.00. The maximum absolute atomic E-state index is 3.88. The zero-order valence-corrected chi connectivity index (χ0v) is 12.8. The summed E-state index contributed by atoms with van der Waals surface area (Å²) in [6, 6.07) is 1.62. The molecule has 0 aromatic carbocycles. The molecule has 2 heteroatoms. The lowest BCUT2D eigenvalue weighted by atomic mass is 9.85. The molecule has 0 spiro atoms. The van der Waals surface area contributed by atoms with Gasteiger partial charge in [0.2, 0.25) is 0 Å². The van der Waals surface area contributed by atoms with E-state index in [1.807, 2.05) is 0 Å². The van der Waals surface area contributed by atoms with E-state index in [0.717, 1.165) is 18.0 Å². The van der Waals surface area contributed by atoms with Crippen molar-refractivity contribution in [3.8, 4) is 0 Å². The molecule has 18 heavy (non-hydrogen) atoms. The average molecular weight is 252 g/mol. The molecule has 1 saturated heterocycles. The van der Waals surface area contributed by atoms with Gasteiger partial charge in [0.05, 0.1) is 0 Å². The van der Waals surface area contributed by atoms with E-state index in [9.17, 15) is 0 Å². The summed E-state index contributed by atoms with van der Waals surface area (Å²) in [6.07, 6.45) is 8.30. The predicted octanol–water partition coefficient (Wildman–Crippen LogP) is 3.42. The lowest BCUT2D eigenvalue weighted by Crippen LogP contribution is -2.66. The van der Waals surface area contributed by atoms with Gasteiger partial charge in [-0.2, -0.15) is 0 Å². The molecule has 1 saturated carbocycles. The van der Waals surface area contributed by atoms with E-state index in [0.29, 0.717) is 5.54 Å². The first kappa shape index (κ1) is 14.3. The zero-order chi connectivity index (χ0) is 13.2. The Morgan fingerprint density at radius 3 is 2.28 bits per heavy atom. The normalized spacial score (nSPS) is 30.2. The molecule has 2 aliphatic rings. The molecule has 1 heterocycles. The van der Waals surface area contributed by atoms with Crippen LogP contribution >= 0.6 is 0 Å². The van der Waals surface area contributed by atoms with Crippen LogP contribution < -0.4 is 5.32 Å². The third-order valence-electron chi connectivity index (χ3n) is 5.51. The van der Waals surface area contributed by atoms with Crippen LogP contribution in [0.15, 0.2) is 0 Å². The second-order valence-corrected chi connectivity index (χ2v) is 6.79. The maximum atomic E-state index is 3.88. The Morgan fingerprint density at radius 1 is 1.17 bits per heavy atom. The van der Waals surface area contributed by atoms with Crippen LogP contribution in [0.5, 0.6) is 0 Å². The summed E-state index contributed by atoms with van der Waals surface area (Å²) < 4.78 is 0. The summed E-state index contributed by atoms with van der Waals surface area (Å²) in [6.45, 7) is 11.9. The molecule has 0 bridgehead atoms. The molecule has 1 N–H and O–H groups in total. The number of nitrogens with zero attached hydrogens (tertiary/aromatic N) is 1. The van der Waals surface area contributed by atoms with E-state index in [1.54, 1.807) is 0 Å². The van der Waals surface area contributed by atoms with Crippen LogP contribution in [0.2, 0.25) is 0 Å². The maximum Gasteiger partial charge on any atom is 0.0304 e. The SMILES string of the molecule is CCC1(CC)CN(C2CCCC2)C(C(C)C)CN1. The molecule has 1 atom stereocenters. The molecule has 0 amide bonds. The predicted molar refractivity (Wildman–Crippen MR) is 78.9 cm³/mol. The quantitative estimate of drug-likeness (QED) is 0.825. The summed E-state index contributed by atoms with van der Waals surface area (Å²) in [4.78, 5) is 2.88. The third-order valence-corrected chi connectivity index (χ3v) is 5.51. The molecule has 0 aromatic heterocycles. The Hall–Kier alpha value is -0.0800. The second kappa shape index (κ2) is 5.92. The summed E-state index contributed by atoms with van der Waals surface area (Å²) in [5, 5.41) is 3.88. The highest BCUT2D eigenvalue weighted by molar-refractivity contribution is 5.00. The molecule has 1 unspecified atom stereocenters. The molecule has 1 aliphatic carbocycles. The van der Waals surface area contributed by atoms with Crippen LogP contribution in [-0.2, 0) is 0 Å². The van der Waals surface area contributed by atoms with Crippen molar-refractivity contribution < 1.29 is 0 Å². The van der Waals surface area contributed by atoms with Crippen LogP contribution in [0.3, 0.4) is 0 Å². The first-order chi connectivity index (χ1) is 8.62. The minimum absolute atomic E-state index is 0.383. The standard InChI is InChI=1S/C16H32N2/c1-5-16(6-2)12-18(14-9-7-8-10-14)15(11-17-16)13(3)4/h13-15,17H,5-12H2,1-4H3. The highest BCUT2D eigenvalue weighted by atomic mass is 15.3. The number of hydrogen-bond donors (Lipinski definition) is 1. The van der Waals surface area contributed by atoms with Crippen LogP contribution in [0.25, 0.3) is 0 Å². The largest absolute Gasteiger partial charge is 0.308 e. The fourth-order valence-corrected chi connectivity index (χ4v) is 3.94. The first-order valence-electron chi connectivity index (χ1n) is 8.12. The van der Waals surface area contributed by atoms with Crippen molar-refractivity contribution in [2.45, 2.75) is 83.8 Å². The Morgan fingerprint density at radius 2 is 1.78 bits per heavy atom. The Labute approximate surface area is 114 Å². The third kappa shape index (κ3) is 2.75. The zero-order valence-electron chi connectivity index (χ0n) is 12.8. The molecular formula is C16H32N2. The van der Waals surface area contributed by atoms with Gasteiger partial charge in [0.15, 0.2) is 0 Å². The van der Waals surface area contributed by atoms with Crippen molar-refractivity contribution in [3.63, 3.8) is 0 Å². The Balaban J connectivity index is 2.12. The highest BCUT2D eigenvalue weighted by Gasteiger charge is 2.41. The molecule has 2 nitrogen and oxygen atoms in total. The van der Waals surface area contributed by atoms with Crippen LogP contribution in [0, 0.1) is 5.92 Å². The van der Waals surface area contributed by atoms with E-state index in [4.69, 9.17) is 0 Å². The fourth-order valence-electron chi connectivity index (χ4n) is 3.94. The molecule has 2 fully saturated rings. The van der Waals surface area contributed by atoms with Gasteiger partial charge in [-0.15, -0.1) is 0 Å². The number of rotatable bonds is 4. The van der Waals surface area contributed by atoms with Crippen LogP contribution in [0.4, 0.5) is 0 Å². The monoisotopic (exact) mass is 252 g/mol.